The summed E-state index contributed by atoms with van der Waals surface area (Å²) < 4.78 is 119. The maximum Gasteiger partial charge on any atom is 0.327 e. The number of nitrogens with two attached hydrogens (primary N) is 1. The molecule has 0 fully saturated rings. The van der Waals surface area contributed by atoms with E-state index in [1.54, 1.807) is 24.3 Å². The van der Waals surface area contributed by atoms with E-state index in [2.05, 4.69) is 54.5 Å². The van der Waals surface area contributed by atoms with Crippen molar-refractivity contribution < 1.29 is 142 Å². The second kappa shape index (κ2) is 66.5. The second-order valence-corrected chi connectivity index (χ2v) is 31.7. The van der Waals surface area contributed by atoms with Gasteiger partial charge in [-0.2, -0.15) is 0 Å². The zero-order chi connectivity index (χ0) is 90.4. The number of aromatic nitrogens is 1. The van der Waals surface area contributed by atoms with Crippen molar-refractivity contribution >= 4 is 99.4 Å². The van der Waals surface area contributed by atoms with Gasteiger partial charge in [0.1, 0.15) is 42.3 Å². The van der Waals surface area contributed by atoms with Crippen molar-refractivity contribution in [2.45, 2.75) is 93.6 Å². The number of nitrogens with zero attached hydrogens (tertiary/aromatic N) is 3. The standard InChI is InChI=1S/C82H125F2IN10O28S/c1-60(89-71(97)16-21-109-26-29-113-35-37-117-40-41-119-44-45-121-48-49-123-51-50-122-47-46-120-43-42-118-39-38-116-33-32-112-25-24-108-5)78(103)90-61(2)79(104)92-67(54-70(86)96)80(105)88-18-9-20-94(77(82(3,4)85)69-52-63(65-53-64(83)12-13-66(65)84)56-93(69)55-62-10-7-6-8-11-62)76(102)59-124-58-68(81(106)107)91-72(98)17-22-110-27-30-114-34-36-115-31-28-111-23-19-87-73(99)57-95-74(100)14-15-75(95)101/h6-8,10-15,52-53,56,60-61,67-68,77H,9,16-51,54-55,57-59H2,1-5H3,(H2,86,96)(H,87,99)(H,88,105)(H,89,97)(H,90,103)(H,91,98)(H,92,104)(H,106,107)/t60-,61-,67-,68-,77-/m0/s1. The molecule has 10 amide bonds. The number of carboxylic acids is 1. The number of halogens is 3. The Labute approximate surface area is 740 Å². The predicted octanol–water partition coefficient (Wildman–Crippen LogP) is 1.46. The number of carbonyl (C=O) groups excluding carboxylic acids is 10. The van der Waals surface area contributed by atoms with Crippen molar-refractivity contribution in [1.82, 2.24) is 46.3 Å². The first kappa shape index (κ1) is 108. The van der Waals surface area contributed by atoms with Gasteiger partial charge in [-0.15, -0.1) is 11.8 Å². The lowest BCUT2D eigenvalue weighted by molar-refractivity contribution is -0.141. The van der Waals surface area contributed by atoms with Crippen LogP contribution in [0.25, 0.3) is 11.1 Å². The Balaban J connectivity index is 1.16. The average Bonchev–Trinajstić information content (AvgIpc) is 1.64. The van der Waals surface area contributed by atoms with Crippen molar-refractivity contribution in [1.29, 1.82) is 0 Å². The first-order chi connectivity index (χ1) is 59.8. The van der Waals surface area contributed by atoms with E-state index in [0.717, 1.165) is 52.6 Å². The molecule has 0 radical (unpaired) electrons. The van der Waals surface area contributed by atoms with Crippen LogP contribution < -0.4 is 37.6 Å². The lowest BCUT2D eigenvalue weighted by atomic mass is 9.97. The number of carbonyl (C=O) groups is 11. The van der Waals surface area contributed by atoms with Crippen molar-refractivity contribution in [3.63, 3.8) is 0 Å². The van der Waals surface area contributed by atoms with E-state index >= 15 is 4.39 Å². The molecule has 2 aromatic carbocycles. The number of carboxylic acid groups (broad SMARTS) is 1. The van der Waals surface area contributed by atoms with Crippen LogP contribution >= 0.6 is 34.4 Å². The summed E-state index contributed by atoms with van der Waals surface area (Å²) in [6.45, 7) is 16.7. The average molecular weight is 1900 g/mol. The van der Waals surface area contributed by atoms with Crippen molar-refractivity contribution in [2.75, 3.05) is 250 Å². The van der Waals surface area contributed by atoms with Crippen LogP contribution in [0, 0.1) is 11.6 Å². The fourth-order valence-electron chi connectivity index (χ4n) is 11.3. The number of imide groups is 1. The van der Waals surface area contributed by atoms with Crippen LogP contribution in [-0.2, 0) is 135 Å². The molecule has 9 N–H and O–H groups in total. The molecule has 0 aliphatic carbocycles. The van der Waals surface area contributed by atoms with Gasteiger partial charge in [-0.1, -0.05) is 52.9 Å². The number of hydrogen-bond donors (Lipinski definition) is 8. The topological polar surface area (TPSA) is 465 Å². The van der Waals surface area contributed by atoms with E-state index < -0.39 is 117 Å². The number of benzene rings is 2. The van der Waals surface area contributed by atoms with Gasteiger partial charge in [-0.05, 0) is 63.9 Å². The van der Waals surface area contributed by atoms with Crippen LogP contribution in [0.1, 0.15) is 70.7 Å². The van der Waals surface area contributed by atoms with Crippen LogP contribution in [0.4, 0.5) is 8.78 Å². The summed E-state index contributed by atoms with van der Waals surface area (Å²) >= 11 is 3.12. The lowest BCUT2D eigenvalue weighted by Crippen LogP contribution is -2.56. The van der Waals surface area contributed by atoms with Gasteiger partial charge in [0.2, 0.25) is 47.3 Å². The van der Waals surface area contributed by atoms with Crippen LogP contribution in [0.5, 0.6) is 0 Å². The van der Waals surface area contributed by atoms with Gasteiger partial charge in [0.25, 0.3) is 11.8 Å². The molecule has 1 aliphatic rings. The van der Waals surface area contributed by atoms with E-state index in [0.29, 0.717) is 143 Å². The number of alkyl halides is 1. The van der Waals surface area contributed by atoms with Crippen LogP contribution in [0.2, 0.25) is 0 Å². The van der Waals surface area contributed by atoms with Crippen LogP contribution in [0.3, 0.4) is 0 Å². The number of methoxy groups -OCH3 is 1. The summed E-state index contributed by atoms with van der Waals surface area (Å²) in [4.78, 5) is 144. The molecule has 0 saturated heterocycles. The van der Waals surface area contributed by atoms with Crippen molar-refractivity contribution in [3.05, 3.63) is 95.8 Å². The minimum atomic E-state index is -1.54. The Hall–Kier alpha value is -7.87. The molecule has 4 rings (SSSR count). The quantitative estimate of drug-likeness (QED) is 0.0172. The van der Waals surface area contributed by atoms with Crippen molar-refractivity contribution in [2.24, 2.45) is 5.73 Å². The fraction of sp³-hybridized carbons (Fsp3) is 0.646. The third kappa shape index (κ3) is 49.3. The van der Waals surface area contributed by atoms with Gasteiger partial charge in [0, 0.05) is 90.5 Å². The molecule has 698 valence electrons. The summed E-state index contributed by atoms with van der Waals surface area (Å²) in [5, 5.41) is 25.5. The zero-order valence-corrected chi connectivity index (χ0v) is 74.4. The number of aliphatic carboxylic acids is 1. The summed E-state index contributed by atoms with van der Waals surface area (Å²) in [6.07, 6.45) is 2.92. The molecular weight excluding hydrogens is 1770 g/mol. The molecule has 2 heterocycles. The van der Waals surface area contributed by atoms with Gasteiger partial charge < -0.3 is 128 Å². The maximum atomic E-state index is 15.6. The van der Waals surface area contributed by atoms with Crippen LogP contribution in [0.15, 0.2) is 72.9 Å². The highest BCUT2D eigenvalue weighted by atomic mass is 127. The molecule has 0 spiro atoms. The molecule has 124 heavy (non-hydrogen) atoms. The number of ether oxygens (including phenoxy) is 16. The molecule has 1 aromatic heterocycles. The molecule has 0 bridgehead atoms. The Morgan fingerprint density at radius 1 is 0.524 bits per heavy atom. The molecule has 0 saturated carbocycles. The Morgan fingerprint density at radius 3 is 1.41 bits per heavy atom. The van der Waals surface area contributed by atoms with Gasteiger partial charge in [-0.3, -0.25) is 52.8 Å². The molecule has 3 aromatic rings. The van der Waals surface area contributed by atoms with Gasteiger partial charge in [0.15, 0.2) is 0 Å². The summed E-state index contributed by atoms with van der Waals surface area (Å²) in [6, 6.07) is 7.74. The normalized spacial score (nSPS) is 13.3. The predicted molar refractivity (Wildman–Crippen MR) is 456 cm³/mol. The Morgan fingerprint density at radius 2 is 0.960 bits per heavy atom. The summed E-state index contributed by atoms with van der Waals surface area (Å²) in [5.41, 5.74) is 7.14. The minimum absolute atomic E-state index is 0.0141. The van der Waals surface area contributed by atoms with E-state index in [4.69, 9.17) is 81.5 Å². The number of thioether (sulfide) groups is 1. The number of amides is 10. The monoisotopic (exact) mass is 1890 g/mol. The highest BCUT2D eigenvalue weighted by molar-refractivity contribution is 14.1. The highest BCUT2D eigenvalue weighted by Crippen LogP contribution is 2.42. The lowest BCUT2D eigenvalue weighted by Gasteiger charge is -2.40. The third-order valence-electron chi connectivity index (χ3n) is 17.5. The van der Waals surface area contributed by atoms with Crippen LogP contribution in [-0.4, -0.2) is 362 Å². The molecule has 42 heteroatoms. The van der Waals surface area contributed by atoms with E-state index in [1.807, 2.05) is 48.7 Å². The second-order valence-electron chi connectivity index (χ2n) is 27.9. The van der Waals surface area contributed by atoms with E-state index in [-0.39, 0.29) is 142 Å². The van der Waals surface area contributed by atoms with Gasteiger partial charge in [0.05, 0.1) is 223 Å². The van der Waals surface area contributed by atoms with E-state index in [9.17, 15) is 62.2 Å². The number of nitrogens with one attached hydrogen (secondary N) is 6. The number of rotatable bonds is 77. The number of hydrogen-bond acceptors (Lipinski definition) is 28. The summed E-state index contributed by atoms with van der Waals surface area (Å²) in [7, 11) is 1.62. The molecule has 5 atom stereocenters. The van der Waals surface area contributed by atoms with Gasteiger partial charge in [-0.25, -0.2) is 13.6 Å². The number of primary amides is 1. The van der Waals surface area contributed by atoms with E-state index in [1.165, 1.54) is 13.8 Å². The first-order valence-electron chi connectivity index (χ1n) is 41.0. The molecule has 1 aliphatic heterocycles. The molecule has 0 unspecified atom stereocenters. The Bertz CT molecular complexity index is 3620. The first-order valence-corrected chi connectivity index (χ1v) is 43.2. The van der Waals surface area contributed by atoms with Crippen molar-refractivity contribution in [3.8, 4) is 11.1 Å². The smallest absolute Gasteiger partial charge is 0.327 e. The zero-order valence-electron chi connectivity index (χ0n) is 71.4. The summed E-state index contributed by atoms with van der Waals surface area (Å²) in [5.74, 6) is -10.1. The molecule has 38 nitrogen and oxygen atoms in total. The molecular formula is C82H125F2IN10O28S. The Kier molecular flexibility index (Phi) is 58.2. The van der Waals surface area contributed by atoms with Gasteiger partial charge >= 0.3 is 5.97 Å². The largest absolute Gasteiger partial charge is 0.480 e. The third-order valence-corrected chi connectivity index (χ3v) is 19.1. The SMILES string of the molecule is COCCOCCOCCOCCOCCOCCOCCOCCOCCOCCOCCOCCC(=O)N[C@@H](C)C(=O)N[C@@H](C)C(=O)N[C@@H](CC(N)=O)C(=O)NCCCN(C(=O)CSC[C@H](NC(=O)CCOCCOCCOCCOCCNC(=O)CN1C(=O)C=CC1=O)C(=O)O)[C@@H](c1cc(-c2cc(F)ccc2F)cn1Cc1ccccc1)C(C)(C)I. The highest BCUT2D eigenvalue weighted by Gasteiger charge is 2.39. The maximum absolute atomic E-state index is 15.6. The minimum Gasteiger partial charge on any atom is -0.480 e. The fourth-order valence-corrected chi connectivity index (χ4v) is 12.8.